The monoisotopic (exact) mass is 316 g/mol. The van der Waals surface area contributed by atoms with Crippen LogP contribution in [0.4, 0.5) is 4.39 Å². The van der Waals surface area contributed by atoms with Gasteiger partial charge in [0.15, 0.2) is 0 Å². The summed E-state index contributed by atoms with van der Waals surface area (Å²) in [6, 6.07) is 4.70. The van der Waals surface area contributed by atoms with E-state index in [1.807, 2.05) is 14.1 Å². The zero-order chi connectivity index (χ0) is 13.5. The zero-order valence-corrected chi connectivity index (χ0v) is 12.3. The zero-order valence-electron chi connectivity index (χ0n) is 10.7. The number of hydrogen-bond acceptors (Lipinski definition) is 2. The lowest BCUT2D eigenvalue weighted by atomic mass is 10.2. The predicted molar refractivity (Wildman–Crippen MR) is 74.2 cm³/mol. The molecule has 0 spiro atoms. The molecule has 3 nitrogen and oxygen atoms in total. The van der Waals surface area contributed by atoms with Gasteiger partial charge in [-0.15, -0.1) is 0 Å². The summed E-state index contributed by atoms with van der Waals surface area (Å²) >= 11 is 3.06. The molecule has 1 rings (SSSR count). The second-order valence-corrected chi connectivity index (χ2v) is 5.22. The molecule has 0 aliphatic heterocycles. The van der Waals surface area contributed by atoms with E-state index < -0.39 is 5.82 Å². The summed E-state index contributed by atoms with van der Waals surface area (Å²) < 4.78 is 13.9. The fourth-order valence-corrected chi connectivity index (χ4v) is 1.90. The van der Waals surface area contributed by atoms with Crippen LogP contribution in [-0.2, 0) is 0 Å². The van der Waals surface area contributed by atoms with E-state index >= 15 is 0 Å². The van der Waals surface area contributed by atoms with Crippen LogP contribution < -0.4 is 5.32 Å². The van der Waals surface area contributed by atoms with Gasteiger partial charge in [-0.3, -0.25) is 4.79 Å². The first kappa shape index (κ1) is 15.1. The molecule has 18 heavy (non-hydrogen) atoms. The second kappa shape index (κ2) is 7.48. The lowest BCUT2D eigenvalue weighted by Crippen LogP contribution is -2.26. The lowest BCUT2D eigenvalue weighted by molar-refractivity contribution is 0.0948. The Morgan fingerprint density at radius 3 is 2.78 bits per heavy atom. The Balaban J connectivity index is 2.39. The molecule has 0 atom stereocenters. The van der Waals surface area contributed by atoms with Crippen molar-refractivity contribution in [3.63, 3.8) is 0 Å². The fraction of sp³-hybridized carbons (Fsp3) is 0.462. The fourth-order valence-electron chi connectivity index (χ4n) is 1.53. The number of carbonyl (C=O) groups is 1. The van der Waals surface area contributed by atoms with Gasteiger partial charge in [0, 0.05) is 6.54 Å². The van der Waals surface area contributed by atoms with Gasteiger partial charge < -0.3 is 10.2 Å². The van der Waals surface area contributed by atoms with Crippen LogP contribution in [0.25, 0.3) is 0 Å². The molecule has 1 N–H and O–H groups in total. The Hall–Kier alpha value is -0.940. The van der Waals surface area contributed by atoms with Gasteiger partial charge in [0.2, 0.25) is 0 Å². The van der Waals surface area contributed by atoms with Gasteiger partial charge in [-0.2, -0.15) is 0 Å². The summed E-state index contributed by atoms with van der Waals surface area (Å²) in [5, 5.41) is 2.72. The van der Waals surface area contributed by atoms with Crippen molar-refractivity contribution in [2.24, 2.45) is 0 Å². The number of amides is 1. The van der Waals surface area contributed by atoms with Crippen molar-refractivity contribution in [3.05, 3.63) is 34.1 Å². The minimum Gasteiger partial charge on any atom is -0.352 e. The topological polar surface area (TPSA) is 32.3 Å². The van der Waals surface area contributed by atoms with Crippen LogP contribution in [0.2, 0.25) is 0 Å². The highest BCUT2D eigenvalue weighted by molar-refractivity contribution is 9.10. The standard InChI is InChI=1S/C13H18BrFN2O/c1-17(2)9-4-3-8-16-13(18)10-6-5-7-11(14)12(10)15/h5-7H,3-4,8-9H2,1-2H3,(H,16,18). The maximum atomic E-state index is 13.6. The van der Waals surface area contributed by atoms with Crippen LogP contribution in [-0.4, -0.2) is 38.0 Å². The molecular formula is C13H18BrFN2O. The molecule has 0 bridgehead atoms. The number of nitrogens with one attached hydrogen (secondary N) is 1. The molecule has 100 valence electrons. The Kier molecular flexibility index (Phi) is 6.29. The maximum absolute atomic E-state index is 13.6. The summed E-state index contributed by atoms with van der Waals surface area (Å²) in [4.78, 5) is 13.8. The second-order valence-electron chi connectivity index (χ2n) is 4.37. The van der Waals surface area contributed by atoms with Crippen molar-refractivity contribution in [3.8, 4) is 0 Å². The molecule has 0 saturated heterocycles. The van der Waals surface area contributed by atoms with E-state index in [2.05, 4.69) is 26.1 Å². The van der Waals surface area contributed by atoms with E-state index in [9.17, 15) is 9.18 Å². The molecule has 0 heterocycles. The highest BCUT2D eigenvalue weighted by atomic mass is 79.9. The Labute approximate surface area is 115 Å². The summed E-state index contributed by atoms with van der Waals surface area (Å²) in [6.45, 7) is 1.56. The quantitative estimate of drug-likeness (QED) is 0.818. The lowest BCUT2D eigenvalue weighted by Gasteiger charge is -2.10. The normalized spacial score (nSPS) is 10.7. The van der Waals surface area contributed by atoms with E-state index in [-0.39, 0.29) is 11.5 Å². The molecular weight excluding hydrogens is 299 g/mol. The van der Waals surface area contributed by atoms with Crippen LogP contribution in [0.5, 0.6) is 0 Å². The number of unbranched alkanes of at least 4 members (excludes halogenated alkanes) is 1. The van der Waals surface area contributed by atoms with Crippen LogP contribution in [0.1, 0.15) is 23.2 Å². The minimum atomic E-state index is -0.511. The van der Waals surface area contributed by atoms with E-state index in [0.29, 0.717) is 11.0 Å². The Morgan fingerprint density at radius 2 is 2.11 bits per heavy atom. The van der Waals surface area contributed by atoms with Crippen molar-refractivity contribution in [1.29, 1.82) is 0 Å². The Morgan fingerprint density at radius 1 is 1.39 bits per heavy atom. The highest BCUT2D eigenvalue weighted by Gasteiger charge is 2.12. The molecule has 0 saturated carbocycles. The third-order valence-corrected chi connectivity index (χ3v) is 3.13. The first-order valence-corrected chi connectivity index (χ1v) is 6.68. The average Bonchev–Trinajstić information content (AvgIpc) is 2.31. The van der Waals surface area contributed by atoms with Gasteiger partial charge in [0.1, 0.15) is 5.82 Å². The molecule has 1 aromatic carbocycles. The van der Waals surface area contributed by atoms with Crippen molar-refractivity contribution < 1.29 is 9.18 Å². The maximum Gasteiger partial charge on any atom is 0.254 e. The van der Waals surface area contributed by atoms with Crippen molar-refractivity contribution in [2.75, 3.05) is 27.2 Å². The van der Waals surface area contributed by atoms with Gasteiger partial charge in [0.05, 0.1) is 10.0 Å². The minimum absolute atomic E-state index is 0.0805. The van der Waals surface area contributed by atoms with Crippen LogP contribution in [0.3, 0.4) is 0 Å². The summed E-state index contributed by atoms with van der Waals surface area (Å²) in [5.74, 6) is -0.873. The molecule has 0 fully saturated rings. The highest BCUT2D eigenvalue weighted by Crippen LogP contribution is 2.18. The van der Waals surface area contributed by atoms with Crippen LogP contribution >= 0.6 is 15.9 Å². The number of nitrogens with zero attached hydrogens (tertiary/aromatic N) is 1. The first-order valence-electron chi connectivity index (χ1n) is 5.89. The molecule has 0 unspecified atom stereocenters. The number of rotatable bonds is 6. The smallest absolute Gasteiger partial charge is 0.254 e. The van der Waals surface area contributed by atoms with Gasteiger partial charge in [0.25, 0.3) is 5.91 Å². The van der Waals surface area contributed by atoms with Crippen LogP contribution in [0.15, 0.2) is 22.7 Å². The first-order chi connectivity index (χ1) is 8.52. The van der Waals surface area contributed by atoms with E-state index in [4.69, 9.17) is 0 Å². The SMILES string of the molecule is CN(C)CCCCNC(=O)c1cccc(Br)c1F. The largest absolute Gasteiger partial charge is 0.352 e. The van der Waals surface area contributed by atoms with E-state index in [1.165, 1.54) is 6.07 Å². The van der Waals surface area contributed by atoms with Crippen molar-refractivity contribution >= 4 is 21.8 Å². The number of carbonyl (C=O) groups excluding carboxylic acids is 1. The third kappa shape index (κ3) is 4.74. The van der Waals surface area contributed by atoms with Gasteiger partial charge in [-0.05, 0) is 61.5 Å². The average molecular weight is 317 g/mol. The number of hydrogen-bond donors (Lipinski definition) is 1. The molecule has 0 aromatic heterocycles. The molecule has 0 aliphatic rings. The van der Waals surface area contributed by atoms with E-state index in [1.54, 1.807) is 12.1 Å². The van der Waals surface area contributed by atoms with Gasteiger partial charge in [-0.1, -0.05) is 6.07 Å². The Bertz CT molecular complexity index is 410. The molecule has 5 heteroatoms. The number of benzene rings is 1. The molecule has 0 radical (unpaired) electrons. The van der Waals surface area contributed by atoms with E-state index in [0.717, 1.165) is 19.4 Å². The summed E-state index contributed by atoms with van der Waals surface area (Å²) in [7, 11) is 4.02. The molecule has 1 amide bonds. The van der Waals surface area contributed by atoms with Crippen molar-refractivity contribution in [2.45, 2.75) is 12.8 Å². The molecule has 1 aromatic rings. The van der Waals surface area contributed by atoms with Crippen molar-refractivity contribution in [1.82, 2.24) is 10.2 Å². The summed E-state index contributed by atoms with van der Waals surface area (Å²) in [6.07, 6.45) is 1.90. The van der Waals surface area contributed by atoms with Crippen LogP contribution in [0, 0.1) is 5.82 Å². The molecule has 0 aliphatic carbocycles. The van der Waals surface area contributed by atoms with Gasteiger partial charge in [-0.25, -0.2) is 4.39 Å². The summed E-state index contributed by atoms with van der Waals surface area (Å²) in [5.41, 5.74) is 0.0805. The predicted octanol–water partition coefficient (Wildman–Crippen LogP) is 2.66. The van der Waals surface area contributed by atoms with Gasteiger partial charge >= 0.3 is 0 Å². The number of halogens is 2. The third-order valence-electron chi connectivity index (χ3n) is 2.51.